The summed E-state index contributed by atoms with van der Waals surface area (Å²) in [5.74, 6) is 0.732. The number of aromatic hydroxyl groups is 4. The summed E-state index contributed by atoms with van der Waals surface area (Å²) in [5, 5.41) is 53.0. The molecule has 4 aromatic rings. The van der Waals surface area contributed by atoms with E-state index in [1.165, 1.54) is 0 Å². The average Bonchev–Trinajstić information content (AvgIpc) is 2.86. The molecule has 8 nitrogen and oxygen atoms in total. The average molecular weight is 492 g/mol. The van der Waals surface area contributed by atoms with Crippen LogP contribution in [0.3, 0.4) is 0 Å². The van der Waals surface area contributed by atoms with Crippen LogP contribution in [0.5, 0.6) is 23.0 Å². The van der Waals surface area contributed by atoms with E-state index in [0.717, 1.165) is 22.7 Å². The minimum absolute atomic E-state index is 0.176. The van der Waals surface area contributed by atoms with E-state index in [1.807, 2.05) is 24.3 Å². The van der Waals surface area contributed by atoms with Crippen LogP contribution in [-0.2, 0) is 0 Å². The SMILES string of the molecule is Oc1ccc(NC[P+](CNc2ccc(O)cc2)(Nc2ccc(O)cc2)Nc2ccc(O)cc2)cc1. The number of hydrogen-bond donors (Lipinski definition) is 8. The van der Waals surface area contributed by atoms with Gasteiger partial charge < -0.3 is 31.1 Å². The van der Waals surface area contributed by atoms with Gasteiger partial charge in [-0.1, -0.05) is 0 Å². The Morgan fingerprint density at radius 2 is 0.657 bits per heavy atom. The summed E-state index contributed by atoms with van der Waals surface area (Å²) in [7, 11) is -2.34. The first-order chi connectivity index (χ1) is 16.9. The maximum atomic E-state index is 9.74. The second-order valence-corrected chi connectivity index (χ2v) is 11.1. The summed E-state index contributed by atoms with van der Waals surface area (Å²) in [6.07, 6.45) is 1.01. The highest BCUT2D eigenvalue weighted by Crippen LogP contribution is 2.57. The molecule has 0 atom stereocenters. The summed E-state index contributed by atoms with van der Waals surface area (Å²) >= 11 is 0. The van der Waals surface area contributed by atoms with Crippen molar-refractivity contribution in [3.63, 3.8) is 0 Å². The van der Waals surface area contributed by atoms with Gasteiger partial charge >= 0.3 is 0 Å². The fraction of sp³-hybridized carbons (Fsp3) is 0.0769. The van der Waals surface area contributed by atoms with Crippen molar-refractivity contribution in [1.82, 2.24) is 0 Å². The summed E-state index contributed by atoms with van der Waals surface area (Å²) in [5.41, 5.74) is 3.33. The maximum absolute atomic E-state index is 9.74. The van der Waals surface area contributed by atoms with Gasteiger partial charge in [0.2, 0.25) is 7.56 Å². The molecule has 35 heavy (non-hydrogen) atoms. The lowest BCUT2D eigenvalue weighted by molar-refractivity contribution is 0.475. The number of hydrogen-bond acceptors (Lipinski definition) is 8. The van der Waals surface area contributed by atoms with E-state index in [9.17, 15) is 20.4 Å². The van der Waals surface area contributed by atoms with Gasteiger partial charge in [-0.15, -0.1) is 0 Å². The highest BCUT2D eigenvalue weighted by atomic mass is 31.2. The third-order valence-corrected chi connectivity index (χ3v) is 8.03. The van der Waals surface area contributed by atoms with Crippen molar-refractivity contribution in [3.8, 4) is 23.0 Å². The number of phenols is 4. The number of nitrogens with one attached hydrogen (secondary N) is 4. The van der Waals surface area contributed by atoms with Gasteiger partial charge in [0.05, 0.1) is 11.4 Å². The van der Waals surface area contributed by atoms with Crippen molar-refractivity contribution < 1.29 is 20.4 Å². The molecule has 0 bridgehead atoms. The minimum atomic E-state index is -2.34. The zero-order valence-electron chi connectivity index (χ0n) is 18.9. The molecule has 9 heteroatoms. The predicted octanol–water partition coefficient (Wildman–Crippen LogP) is 6.02. The van der Waals surface area contributed by atoms with Crippen LogP contribution in [0.4, 0.5) is 22.7 Å². The van der Waals surface area contributed by atoms with Gasteiger partial charge in [0.15, 0.2) is 12.6 Å². The molecule has 0 aliphatic heterocycles. The second kappa shape index (κ2) is 10.8. The quantitative estimate of drug-likeness (QED) is 0.0999. The van der Waals surface area contributed by atoms with E-state index >= 15 is 0 Å². The van der Waals surface area contributed by atoms with Gasteiger partial charge in [-0.2, -0.15) is 0 Å². The number of phenolic OH excluding ortho intramolecular Hbond substituents is 4. The maximum Gasteiger partial charge on any atom is 0.231 e. The topological polar surface area (TPSA) is 129 Å². The molecule has 4 rings (SSSR count). The number of rotatable bonds is 10. The molecule has 0 fully saturated rings. The Morgan fingerprint density at radius 1 is 0.400 bits per heavy atom. The van der Waals surface area contributed by atoms with Gasteiger partial charge in [-0.05, 0) is 97.1 Å². The van der Waals surface area contributed by atoms with E-state index in [4.69, 9.17) is 0 Å². The summed E-state index contributed by atoms with van der Waals surface area (Å²) in [4.78, 5) is 0. The zero-order chi connectivity index (χ0) is 24.7. The molecule has 0 radical (unpaired) electrons. The molecular formula is C26H28N4O4P+. The van der Waals surface area contributed by atoms with Gasteiger partial charge in [-0.3, -0.25) is 0 Å². The minimum Gasteiger partial charge on any atom is -0.508 e. The summed E-state index contributed by atoms with van der Waals surface area (Å²) in [6.45, 7) is 0. The Hall–Kier alpha value is -4.29. The lowest BCUT2D eigenvalue weighted by Crippen LogP contribution is -2.27. The van der Waals surface area contributed by atoms with Crippen LogP contribution in [0.25, 0.3) is 0 Å². The van der Waals surface area contributed by atoms with Gasteiger partial charge in [0.25, 0.3) is 0 Å². The first-order valence-electron chi connectivity index (χ1n) is 11.0. The molecule has 0 saturated heterocycles. The fourth-order valence-electron chi connectivity index (χ4n) is 3.42. The van der Waals surface area contributed by atoms with E-state index in [-0.39, 0.29) is 23.0 Å². The van der Waals surface area contributed by atoms with E-state index in [1.54, 1.807) is 72.8 Å². The molecular weight excluding hydrogens is 463 g/mol. The molecule has 8 N–H and O–H groups in total. The van der Waals surface area contributed by atoms with Crippen molar-refractivity contribution in [2.24, 2.45) is 0 Å². The van der Waals surface area contributed by atoms with E-state index in [0.29, 0.717) is 12.6 Å². The molecule has 0 aromatic heterocycles. The van der Waals surface area contributed by atoms with Gasteiger partial charge in [0, 0.05) is 11.4 Å². The van der Waals surface area contributed by atoms with Gasteiger partial charge in [-0.25, -0.2) is 10.2 Å². The number of anilines is 4. The highest BCUT2D eigenvalue weighted by molar-refractivity contribution is 7.78. The molecule has 4 aromatic carbocycles. The molecule has 0 saturated carbocycles. The number of benzene rings is 4. The Kier molecular flexibility index (Phi) is 7.33. The van der Waals surface area contributed by atoms with Crippen LogP contribution in [-0.4, -0.2) is 33.0 Å². The Bertz CT molecular complexity index is 1120. The molecule has 0 aliphatic rings. The predicted molar refractivity (Wildman–Crippen MR) is 144 cm³/mol. The first-order valence-corrected chi connectivity index (χ1v) is 13.1. The highest BCUT2D eigenvalue weighted by Gasteiger charge is 2.39. The monoisotopic (exact) mass is 491 g/mol. The molecule has 180 valence electrons. The lowest BCUT2D eigenvalue weighted by Gasteiger charge is -2.30. The molecule has 0 heterocycles. The van der Waals surface area contributed by atoms with Crippen LogP contribution < -0.4 is 20.8 Å². The van der Waals surface area contributed by atoms with Crippen molar-refractivity contribution in [1.29, 1.82) is 0 Å². The van der Waals surface area contributed by atoms with Gasteiger partial charge in [0.1, 0.15) is 23.0 Å². The zero-order valence-corrected chi connectivity index (χ0v) is 19.8. The Balaban J connectivity index is 1.66. The van der Waals surface area contributed by atoms with E-state index < -0.39 is 7.56 Å². The van der Waals surface area contributed by atoms with Crippen LogP contribution >= 0.6 is 7.56 Å². The van der Waals surface area contributed by atoms with E-state index in [2.05, 4.69) is 20.8 Å². The molecule has 0 unspecified atom stereocenters. The summed E-state index contributed by atoms with van der Waals surface area (Å²) in [6, 6.07) is 27.4. The van der Waals surface area contributed by atoms with Crippen LogP contribution in [0.2, 0.25) is 0 Å². The largest absolute Gasteiger partial charge is 0.508 e. The Labute approximate surface area is 204 Å². The van der Waals surface area contributed by atoms with Crippen molar-refractivity contribution >= 4 is 30.3 Å². The second-order valence-electron chi connectivity index (χ2n) is 8.05. The fourth-order valence-corrected chi connectivity index (χ4v) is 6.09. The van der Waals surface area contributed by atoms with Crippen LogP contribution in [0, 0.1) is 0 Å². The third kappa shape index (κ3) is 6.85. The molecule has 0 amide bonds. The standard InChI is InChI=1S/C26H27N4O4P/c31-23-9-1-19(2-10-23)27-17-35(29-21-5-13-25(33)14-6-21,30-22-7-15-26(34)16-8-22)18-28-20-3-11-24(32)12-4-20/h1-16,27-30H,17-18H2,(H3-,31,32,33,34)/p+1. The third-order valence-electron chi connectivity index (χ3n) is 5.26. The molecule has 0 spiro atoms. The van der Waals surface area contributed by atoms with Crippen molar-refractivity contribution in [3.05, 3.63) is 97.1 Å². The van der Waals surface area contributed by atoms with Crippen LogP contribution in [0.1, 0.15) is 0 Å². The molecule has 0 aliphatic carbocycles. The van der Waals surface area contributed by atoms with Crippen LogP contribution in [0.15, 0.2) is 97.1 Å². The Morgan fingerprint density at radius 3 is 0.943 bits per heavy atom. The normalized spacial score (nSPS) is 11.0. The lowest BCUT2D eigenvalue weighted by atomic mass is 10.3. The van der Waals surface area contributed by atoms with Crippen molar-refractivity contribution in [2.45, 2.75) is 0 Å². The van der Waals surface area contributed by atoms with Crippen molar-refractivity contribution in [2.75, 3.05) is 33.4 Å². The summed E-state index contributed by atoms with van der Waals surface area (Å²) < 4.78 is 0. The smallest absolute Gasteiger partial charge is 0.231 e. The first kappa shape index (κ1) is 23.9.